The maximum absolute atomic E-state index is 12.9. The molecule has 0 bridgehead atoms. The number of nitrogens with zero attached hydrogens (tertiary/aromatic N) is 6. The van der Waals surface area contributed by atoms with E-state index >= 15 is 0 Å². The molecular weight excluding hydrogens is 454 g/mol. The highest BCUT2D eigenvalue weighted by Gasteiger charge is 2.17. The fraction of sp³-hybridized carbons (Fsp3) is 0.227. The van der Waals surface area contributed by atoms with Gasteiger partial charge >= 0.3 is 0 Å². The van der Waals surface area contributed by atoms with Crippen LogP contribution in [-0.2, 0) is 11.3 Å². The van der Waals surface area contributed by atoms with Gasteiger partial charge in [-0.3, -0.25) is 19.7 Å². The molecule has 34 heavy (non-hydrogen) atoms. The van der Waals surface area contributed by atoms with Gasteiger partial charge in [0.15, 0.2) is 10.8 Å². The molecule has 1 aromatic carbocycles. The molecule has 1 fully saturated rings. The topological polar surface area (TPSA) is 130 Å². The van der Waals surface area contributed by atoms with E-state index in [1.165, 1.54) is 0 Å². The highest BCUT2D eigenvalue weighted by Crippen LogP contribution is 2.25. The standard InChI is InChI=1S/C22H21N9O2S/c32-21(20-18-2-1-14(7-19(18)28-29-20)15-8-23-24-9-15)26-16-10-25-31(11-16)12-17-13-34-22(27-17)30-3-5-33-6-4-30/h1-2,7-11,13H,3-6,12H2,(H,23,24)(H,26,32)(H,28,29). The van der Waals surface area contributed by atoms with Crippen LogP contribution >= 0.6 is 11.3 Å². The Hall–Kier alpha value is -4.03. The molecule has 1 aliphatic heterocycles. The molecule has 1 aliphatic rings. The van der Waals surface area contributed by atoms with E-state index in [1.54, 1.807) is 34.6 Å². The van der Waals surface area contributed by atoms with E-state index in [4.69, 9.17) is 9.72 Å². The molecule has 11 nitrogen and oxygen atoms in total. The molecule has 0 unspecified atom stereocenters. The zero-order valence-corrected chi connectivity index (χ0v) is 18.9. The number of H-pyrrole nitrogens is 2. The second-order valence-electron chi connectivity index (χ2n) is 7.92. The van der Waals surface area contributed by atoms with E-state index in [0.717, 1.165) is 59.2 Å². The third kappa shape index (κ3) is 4.04. The van der Waals surface area contributed by atoms with Gasteiger partial charge in [0.1, 0.15) is 0 Å². The number of anilines is 2. The number of morpholine rings is 1. The van der Waals surface area contributed by atoms with Crippen LogP contribution in [0.3, 0.4) is 0 Å². The first-order valence-electron chi connectivity index (χ1n) is 10.8. The normalized spacial score (nSPS) is 14.1. The lowest BCUT2D eigenvalue weighted by molar-refractivity contribution is 0.102. The van der Waals surface area contributed by atoms with E-state index in [1.807, 2.05) is 29.8 Å². The second kappa shape index (κ2) is 8.72. The summed E-state index contributed by atoms with van der Waals surface area (Å²) in [6.45, 7) is 3.70. The van der Waals surface area contributed by atoms with Crippen LogP contribution in [0.25, 0.3) is 22.0 Å². The van der Waals surface area contributed by atoms with Crippen molar-refractivity contribution >= 4 is 39.0 Å². The average Bonchev–Trinajstić information content (AvgIpc) is 3.66. The first-order chi connectivity index (χ1) is 16.7. The van der Waals surface area contributed by atoms with Crippen molar-refractivity contribution in [2.24, 2.45) is 0 Å². The van der Waals surface area contributed by atoms with E-state index in [2.05, 4.69) is 35.7 Å². The Balaban J connectivity index is 1.13. The van der Waals surface area contributed by atoms with Gasteiger partial charge in [0.05, 0.1) is 49.1 Å². The molecule has 5 aromatic rings. The van der Waals surface area contributed by atoms with Gasteiger partial charge in [-0.15, -0.1) is 11.3 Å². The van der Waals surface area contributed by atoms with Gasteiger partial charge in [-0.2, -0.15) is 15.3 Å². The van der Waals surface area contributed by atoms with Crippen LogP contribution < -0.4 is 10.2 Å². The molecule has 3 N–H and O–H groups in total. The monoisotopic (exact) mass is 475 g/mol. The number of amides is 1. The zero-order valence-electron chi connectivity index (χ0n) is 18.1. The Bertz CT molecular complexity index is 1430. The molecule has 6 rings (SSSR count). The van der Waals surface area contributed by atoms with Gasteiger partial charge in [-0.05, 0) is 17.7 Å². The summed E-state index contributed by atoms with van der Waals surface area (Å²) in [5.41, 5.74) is 4.58. The lowest BCUT2D eigenvalue weighted by Gasteiger charge is -2.26. The Morgan fingerprint density at radius 2 is 2.12 bits per heavy atom. The second-order valence-corrected chi connectivity index (χ2v) is 8.76. The van der Waals surface area contributed by atoms with E-state index in [0.29, 0.717) is 17.9 Å². The van der Waals surface area contributed by atoms with Gasteiger partial charge in [0.25, 0.3) is 5.91 Å². The fourth-order valence-corrected chi connectivity index (χ4v) is 4.79. The van der Waals surface area contributed by atoms with Crippen molar-refractivity contribution in [1.82, 2.24) is 35.2 Å². The summed E-state index contributed by atoms with van der Waals surface area (Å²) in [7, 11) is 0. The predicted octanol–water partition coefficient (Wildman–Crippen LogP) is 2.74. The third-order valence-corrected chi connectivity index (χ3v) is 6.60. The molecule has 12 heteroatoms. The summed E-state index contributed by atoms with van der Waals surface area (Å²) < 4.78 is 7.16. The fourth-order valence-electron chi connectivity index (χ4n) is 3.92. The van der Waals surface area contributed by atoms with Crippen molar-refractivity contribution in [3.63, 3.8) is 0 Å². The molecule has 0 aliphatic carbocycles. The van der Waals surface area contributed by atoms with Crippen LogP contribution in [0.5, 0.6) is 0 Å². The van der Waals surface area contributed by atoms with Gasteiger partial charge in [0, 0.05) is 41.8 Å². The summed E-state index contributed by atoms with van der Waals surface area (Å²) in [6.07, 6.45) is 6.98. The van der Waals surface area contributed by atoms with Gasteiger partial charge < -0.3 is 15.0 Å². The first kappa shape index (κ1) is 20.6. The number of aromatic amines is 2. The zero-order chi connectivity index (χ0) is 22.9. The van der Waals surface area contributed by atoms with Crippen LogP contribution in [0.2, 0.25) is 0 Å². The molecule has 1 saturated heterocycles. The van der Waals surface area contributed by atoms with Crippen LogP contribution in [0.4, 0.5) is 10.8 Å². The minimum atomic E-state index is -0.301. The first-order valence-corrected chi connectivity index (χ1v) is 11.7. The number of rotatable bonds is 6. The van der Waals surface area contributed by atoms with Gasteiger partial charge in [-0.1, -0.05) is 6.07 Å². The number of nitrogens with one attached hydrogen (secondary N) is 3. The summed E-state index contributed by atoms with van der Waals surface area (Å²) in [6, 6.07) is 5.77. The molecule has 0 saturated carbocycles. The maximum atomic E-state index is 12.9. The quantitative estimate of drug-likeness (QED) is 0.344. The summed E-state index contributed by atoms with van der Waals surface area (Å²) in [5.74, 6) is -0.301. The minimum absolute atomic E-state index is 0.301. The minimum Gasteiger partial charge on any atom is -0.378 e. The number of aromatic nitrogens is 7. The lowest BCUT2D eigenvalue weighted by atomic mass is 10.1. The summed E-state index contributed by atoms with van der Waals surface area (Å²) in [5, 5.41) is 25.0. The lowest BCUT2D eigenvalue weighted by Crippen LogP contribution is -2.36. The molecule has 1 amide bonds. The Morgan fingerprint density at radius 3 is 2.97 bits per heavy atom. The van der Waals surface area contributed by atoms with Crippen molar-refractivity contribution in [1.29, 1.82) is 0 Å². The van der Waals surface area contributed by atoms with E-state index < -0.39 is 0 Å². The van der Waals surface area contributed by atoms with E-state index in [-0.39, 0.29) is 5.91 Å². The summed E-state index contributed by atoms with van der Waals surface area (Å²) in [4.78, 5) is 19.8. The number of carbonyl (C=O) groups excluding carboxylic acids is 1. The number of ether oxygens (including phenoxy) is 1. The maximum Gasteiger partial charge on any atom is 0.276 e. The molecule has 0 spiro atoms. The van der Waals surface area contributed by atoms with Crippen molar-refractivity contribution in [3.05, 3.63) is 59.8 Å². The van der Waals surface area contributed by atoms with Crippen LogP contribution in [0.15, 0.2) is 48.4 Å². The molecule has 0 atom stereocenters. The Labute approximate surface area is 197 Å². The number of hydrogen-bond donors (Lipinski definition) is 3. The van der Waals surface area contributed by atoms with Crippen LogP contribution in [0.1, 0.15) is 16.2 Å². The molecule has 5 heterocycles. The number of carbonyl (C=O) groups is 1. The smallest absolute Gasteiger partial charge is 0.276 e. The van der Waals surface area contributed by atoms with Crippen LogP contribution in [-0.4, -0.2) is 67.4 Å². The van der Waals surface area contributed by atoms with Gasteiger partial charge in [-0.25, -0.2) is 4.98 Å². The highest BCUT2D eigenvalue weighted by atomic mass is 32.1. The average molecular weight is 476 g/mol. The predicted molar refractivity (Wildman–Crippen MR) is 128 cm³/mol. The van der Waals surface area contributed by atoms with Gasteiger partial charge in [0.2, 0.25) is 0 Å². The molecular formula is C22H21N9O2S. The highest BCUT2D eigenvalue weighted by molar-refractivity contribution is 7.13. The number of benzene rings is 1. The van der Waals surface area contributed by atoms with Crippen molar-refractivity contribution in [2.75, 3.05) is 36.5 Å². The van der Waals surface area contributed by atoms with Crippen LogP contribution in [0, 0.1) is 0 Å². The largest absolute Gasteiger partial charge is 0.378 e. The number of thiazole rings is 1. The summed E-state index contributed by atoms with van der Waals surface area (Å²) >= 11 is 1.62. The van der Waals surface area contributed by atoms with E-state index in [9.17, 15) is 4.79 Å². The van der Waals surface area contributed by atoms with Crippen molar-refractivity contribution in [2.45, 2.75) is 6.54 Å². The third-order valence-electron chi connectivity index (χ3n) is 5.65. The SMILES string of the molecule is O=C(Nc1cnn(Cc2csc(N3CCOCC3)n2)c1)c1n[nH]c2cc(-c3cn[nH]c3)ccc12. The molecule has 0 radical (unpaired) electrons. The molecule has 4 aromatic heterocycles. The van der Waals surface area contributed by atoms with Crippen molar-refractivity contribution < 1.29 is 9.53 Å². The molecule has 172 valence electrons. The number of fused-ring (bicyclic) bond motifs is 1. The number of hydrogen-bond acceptors (Lipinski definition) is 8. The van der Waals surface area contributed by atoms with Crippen molar-refractivity contribution in [3.8, 4) is 11.1 Å². The Kier molecular flexibility index (Phi) is 5.28. The Morgan fingerprint density at radius 1 is 1.21 bits per heavy atom.